The number of nitro benzene ring substituents is 1. The van der Waals surface area contributed by atoms with E-state index >= 15 is 0 Å². The third-order valence-electron chi connectivity index (χ3n) is 2.93. The fraction of sp³-hybridized carbons (Fsp3) is 0.188. The maximum absolute atomic E-state index is 11.9. The van der Waals surface area contributed by atoms with Crippen LogP contribution in [0.15, 0.2) is 46.9 Å². The van der Waals surface area contributed by atoms with E-state index in [1.807, 2.05) is 0 Å². The third-order valence-corrected chi connectivity index (χ3v) is 3.46. The molecule has 24 heavy (non-hydrogen) atoms. The minimum atomic E-state index is -0.576. The Morgan fingerprint density at radius 2 is 1.83 bits per heavy atom. The number of carbonyl (C=O) groups excluding carboxylic acids is 1. The first kappa shape index (κ1) is 17.7. The molecule has 0 aliphatic carbocycles. The fourth-order valence-corrected chi connectivity index (χ4v) is 2.15. The second kappa shape index (κ2) is 8.30. The molecule has 0 atom stereocenters. The molecule has 1 N–H and O–H groups in total. The summed E-state index contributed by atoms with van der Waals surface area (Å²) in [5.74, 6) is 0.396. The zero-order chi connectivity index (χ0) is 17.5. The van der Waals surface area contributed by atoms with E-state index in [1.165, 1.54) is 12.1 Å². The normalized spacial score (nSPS) is 10.1. The molecule has 2 aromatic rings. The number of nitrogens with zero attached hydrogens (tertiary/aromatic N) is 1. The Kier molecular flexibility index (Phi) is 6.14. The van der Waals surface area contributed by atoms with Crippen LogP contribution in [0.2, 0.25) is 0 Å². The number of halogens is 1. The first-order chi connectivity index (χ1) is 11.5. The largest absolute Gasteiger partial charge is 0.494 e. The number of anilines is 1. The average molecular weight is 395 g/mol. The van der Waals surface area contributed by atoms with Gasteiger partial charge >= 0.3 is 0 Å². The Hall–Kier alpha value is -2.61. The first-order valence-corrected chi connectivity index (χ1v) is 7.88. The number of hydrogen-bond donors (Lipinski definition) is 1. The van der Waals surface area contributed by atoms with Crippen molar-refractivity contribution in [3.8, 4) is 11.5 Å². The number of nitrogens with one attached hydrogen (secondary N) is 1. The summed E-state index contributed by atoms with van der Waals surface area (Å²) in [6, 6.07) is 11.2. The third kappa shape index (κ3) is 4.95. The van der Waals surface area contributed by atoms with Crippen molar-refractivity contribution in [3.05, 3.63) is 57.1 Å². The summed E-state index contributed by atoms with van der Waals surface area (Å²) >= 11 is 3.30. The van der Waals surface area contributed by atoms with E-state index in [1.54, 1.807) is 37.3 Å². The van der Waals surface area contributed by atoms with Crippen LogP contribution in [0.3, 0.4) is 0 Å². The zero-order valence-corrected chi connectivity index (χ0v) is 14.4. The van der Waals surface area contributed by atoms with Gasteiger partial charge < -0.3 is 14.8 Å². The van der Waals surface area contributed by atoms with Gasteiger partial charge in [-0.25, -0.2) is 0 Å². The molecule has 8 heteroatoms. The molecule has 0 radical (unpaired) electrons. The van der Waals surface area contributed by atoms with Gasteiger partial charge in [-0.2, -0.15) is 0 Å². The van der Waals surface area contributed by atoms with Gasteiger partial charge in [0.25, 0.3) is 11.6 Å². The first-order valence-electron chi connectivity index (χ1n) is 7.09. The Balaban J connectivity index is 2.02. The van der Waals surface area contributed by atoms with Gasteiger partial charge in [0, 0.05) is 4.47 Å². The summed E-state index contributed by atoms with van der Waals surface area (Å²) in [6.07, 6.45) is 0. The molecule has 0 saturated heterocycles. The van der Waals surface area contributed by atoms with Crippen molar-refractivity contribution in [1.82, 2.24) is 0 Å². The second-order valence-corrected chi connectivity index (χ2v) is 5.58. The van der Waals surface area contributed by atoms with E-state index in [2.05, 4.69) is 21.2 Å². The Morgan fingerprint density at radius 1 is 1.17 bits per heavy atom. The van der Waals surface area contributed by atoms with Crippen LogP contribution in [0, 0.1) is 10.1 Å². The van der Waals surface area contributed by atoms with Crippen LogP contribution in [0.25, 0.3) is 0 Å². The number of amides is 1. The number of nitro groups is 1. The molecule has 126 valence electrons. The number of rotatable bonds is 7. The molecule has 0 aliphatic heterocycles. The second-order valence-electron chi connectivity index (χ2n) is 4.66. The molecule has 7 nitrogen and oxygen atoms in total. The van der Waals surface area contributed by atoms with Crippen molar-refractivity contribution in [1.29, 1.82) is 0 Å². The molecule has 0 heterocycles. The fourth-order valence-electron chi connectivity index (χ4n) is 1.89. The van der Waals surface area contributed by atoms with E-state index in [0.717, 1.165) is 4.47 Å². The van der Waals surface area contributed by atoms with Crippen molar-refractivity contribution in [2.45, 2.75) is 6.92 Å². The summed E-state index contributed by atoms with van der Waals surface area (Å²) in [4.78, 5) is 22.5. The summed E-state index contributed by atoms with van der Waals surface area (Å²) in [5.41, 5.74) is -0.147. The minimum absolute atomic E-state index is 0.0906. The van der Waals surface area contributed by atoms with Crippen LogP contribution in [0.5, 0.6) is 11.5 Å². The highest BCUT2D eigenvalue weighted by molar-refractivity contribution is 9.10. The van der Waals surface area contributed by atoms with Gasteiger partial charge in [-0.1, -0.05) is 15.9 Å². The van der Waals surface area contributed by atoms with Gasteiger partial charge in [-0.3, -0.25) is 14.9 Å². The van der Waals surface area contributed by atoms with Crippen LogP contribution in [0.1, 0.15) is 6.92 Å². The predicted molar refractivity (Wildman–Crippen MR) is 92.5 cm³/mol. The smallest absolute Gasteiger partial charge is 0.296 e. The Morgan fingerprint density at radius 3 is 2.46 bits per heavy atom. The average Bonchev–Trinajstić information content (AvgIpc) is 2.56. The molecule has 0 spiro atoms. The van der Waals surface area contributed by atoms with Crippen molar-refractivity contribution in [3.63, 3.8) is 0 Å². The highest BCUT2D eigenvalue weighted by Gasteiger charge is 2.17. The summed E-state index contributed by atoms with van der Waals surface area (Å²) in [5, 5.41) is 13.6. The number of hydrogen-bond acceptors (Lipinski definition) is 5. The number of benzene rings is 2. The van der Waals surface area contributed by atoms with Crippen LogP contribution < -0.4 is 14.8 Å². The van der Waals surface area contributed by atoms with Crippen molar-refractivity contribution in [2.75, 3.05) is 18.5 Å². The topological polar surface area (TPSA) is 90.7 Å². The van der Waals surface area contributed by atoms with Crippen LogP contribution >= 0.6 is 15.9 Å². The molecule has 2 aromatic carbocycles. The molecule has 0 aromatic heterocycles. The predicted octanol–water partition coefficient (Wildman–Crippen LogP) is 3.77. The molecule has 0 fully saturated rings. The van der Waals surface area contributed by atoms with Crippen molar-refractivity contribution in [2.24, 2.45) is 0 Å². The SMILES string of the molecule is CCOc1ccc(NC(=O)COc2ccc(Br)cc2)c([N+](=O)[O-])c1. The number of ether oxygens (including phenoxy) is 2. The van der Waals surface area contributed by atoms with Gasteiger partial charge in [-0.05, 0) is 43.3 Å². The summed E-state index contributed by atoms with van der Waals surface area (Å²) < 4.78 is 11.4. The van der Waals surface area contributed by atoms with E-state index in [4.69, 9.17) is 9.47 Å². The molecular weight excluding hydrogens is 380 g/mol. The van der Waals surface area contributed by atoms with E-state index < -0.39 is 10.8 Å². The molecular formula is C16H15BrN2O5. The Bertz CT molecular complexity index is 734. The summed E-state index contributed by atoms with van der Waals surface area (Å²) in [7, 11) is 0. The molecule has 0 aliphatic rings. The van der Waals surface area contributed by atoms with Gasteiger partial charge in [0.15, 0.2) is 6.61 Å². The highest BCUT2D eigenvalue weighted by atomic mass is 79.9. The van der Waals surface area contributed by atoms with E-state index in [-0.39, 0.29) is 18.0 Å². The lowest BCUT2D eigenvalue weighted by Crippen LogP contribution is -2.20. The van der Waals surface area contributed by atoms with E-state index in [0.29, 0.717) is 18.1 Å². The van der Waals surface area contributed by atoms with Crippen molar-refractivity contribution >= 4 is 33.2 Å². The monoisotopic (exact) mass is 394 g/mol. The lowest BCUT2D eigenvalue weighted by atomic mass is 10.2. The van der Waals surface area contributed by atoms with Gasteiger partial charge in [-0.15, -0.1) is 0 Å². The van der Waals surface area contributed by atoms with Gasteiger partial charge in [0.2, 0.25) is 0 Å². The van der Waals surface area contributed by atoms with Gasteiger partial charge in [0.1, 0.15) is 17.2 Å². The van der Waals surface area contributed by atoms with Crippen LogP contribution in [-0.2, 0) is 4.79 Å². The lowest BCUT2D eigenvalue weighted by molar-refractivity contribution is -0.384. The molecule has 0 saturated carbocycles. The van der Waals surface area contributed by atoms with Crippen LogP contribution in [0.4, 0.5) is 11.4 Å². The van der Waals surface area contributed by atoms with Crippen LogP contribution in [-0.4, -0.2) is 24.0 Å². The summed E-state index contributed by atoms with van der Waals surface area (Å²) in [6.45, 7) is 1.91. The van der Waals surface area contributed by atoms with Gasteiger partial charge in [0.05, 0.1) is 17.6 Å². The number of carbonyl (C=O) groups is 1. The Labute approximate surface area is 146 Å². The minimum Gasteiger partial charge on any atom is -0.494 e. The molecule has 0 unspecified atom stereocenters. The maximum Gasteiger partial charge on any atom is 0.296 e. The quantitative estimate of drug-likeness (QED) is 0.569. The molecule has 2 rings (SSSR count). The molecule has 1 amide bonds. The maximum atomic E-state index is 11.9. The lowest BCUT2D eigenvalue weighted by Gasteiger charge is -2.09. The van der Waals surface area contributed by atoms with E-state index in [9.17, 15) is 14.9 Å². The molecule has 0 bridgehead atoms. The zero-order valence-electron chi connectivity index (χ0n) is 12.8. The van der Waals surface area contributed by atoms with Crippen molar-refractivity contribution < 1.29 is 19.2 Å². The standard InChI is InChI=1S/C16H15BrN2O5/c1-2-23-13-7-8-14(15(9-13)19(21)22)18-16(20)10-24-12-5-3-11(17)4-6-12/h3-9H,2,10H2,1H3,(H,18,20). The highest BCUT2D eigenvalue weighted by Crippen LogP contribution is 2.29.